The second-order valence-corrected chi connectivity index (χ2v) is 14.4. The second kappa shape index (κ2) is 45.5. The minimum atomic E-state index is -0.816. The van der Waals surface area contributed by atoms with Crippen LogP contribution in [0, 0.1) is 0 Å². The van der Waals surface area contributed by atoms with E-state index in [1.807, 2.05) is 72.9 Å². The molecule has 0 saturated heterocycles. The van der Waals surface area contributed by atoms with E-state index in [1.165, 1.54) is 25.7 Å². The van der Waals surface area contributed by atoms with E-state index in [-0.39, 0.29) is 31.1 Å². The smallest absolute Gasteiger partial charge is 0.306 e. The van der Waals surface area contributed by atoms with Crippen molar-refractivity contribution in [3.05, 3.63) is 122 Å². The molecule has 0 radical (unpaired) electrons. The van der Waals surface area contributed by atoms with Crippen LogP contribution in [0.1, 0.15) is 168 Å². The molecule has 0 aliphatic carbocycles. The van der Waals surface area contributed by atoms with E-state index >= 15 is 0 Å². The molecular weight excluding hydrogens is 721 g/mol. The molecule has 6 heteroatoms. The third-order valence-electron chi connectivity index (χ3n) is 8.88. The Kier molecular flexibility index (Phi) is 42.2. The first-order chi connectivity index (χ1) is 28.5. The van der Waals surface area contributed by atoms with Crippen molar-refractivity contribution in [3.8, 4) is 0 Å². The van der Waals surface area contributed by atoms with Crippen molar-refractivity contribution in [2.75, 3.05) is 13.2 Å². The summed E-state index contributed by atoms with van der Waals surface area (Å²) in [6, 6.07) is 0. The van der Waals surface area contributed by atoms with Crippen LogP contribution in [0.25, 0.3) is 0 Å². The van der Waals surface area contributed by atoms with Crippen molar-refractivity contribution in [2.45, 2.75) is 175 Å². The molecule has 0 fully saturated rings. The molecule has 0 N–H and O–H groups in total. The van der Waals surface area contributed by atoms with E-state index < -0.39 is 6.10 Å². The molecule has 0 saturated carbocycles. The van der Waals surface area contributed by atoms with Gasteiger partial charge in [0, 0.05) is 19.3 Å². The molecule has 58 heavy (non-hydrogen) atoms. The number of carbonyl (C=O) groups is 3. The lowest BCUT2D eigenvalue weighted by Gasteiger charge is -2.18. The van der Waals surface area contributed by atoms with Gasteiger partial charge in [-0.3, -0.25) is 14.4 Å². The summed E-state index contributed by atoms with van der Waals surface area (Å²) in [6.45, 7) is 6.23. The highest BCUT2D eigenvalue weighted by Gasteiger charge is 2.19. The van der Waals surface area contributed by atoms with Crippen molar-refractivity contribution in [3.63, 3.8) is 0 Å². The van der Waals surface area contributed by atoms with Crippen LogP contribution >= 0.6 is 0 Å². The van der Waals surface area contributed by atoms with Gasteiger partial charge in [-0.05, 0) is 83.5 Å². The molecule has 0 spiro atoms. The lowest BCUT2D eigenvalue weighted by Crippen LogP contribution is -2.30. The number of esters is 3. The third-order valence-corrected chi connectivity index (χ3v) is 8.88. The van der Waals surface area contributed by atoms with E-state index in [0.717, 1.165) is 96.3 Å². The molecular formula is C52H80O6. The van der Waals surface area contributed by atoms with Gasteiger partial charge >= 0.3 is 17.9 Å². The fourth-order valence-electron chi connectivity index (χ4n) is 5.52. The number of unbranched alkanes of at least 4 members (excludes halogenated alkanes) is 13. The highest BCUT2D eigenvalue weighted by molar-refractivity contribution is 5.71. The highest BCUT2D eigenvalue weighted by atomic mass is 16.6. The van der Waals surface area contributed by atoms with Crippen molar-refractivity contribution >= 4 is 17.9 Å². The highest BCUT2D eigenvalue weighted by Crippen LogP contribution is 2.11. The van der Waals surface area contributed by atoms with Crippen LogP contribution in [0.3, 0.4) is 0 Å². The summed E-state index contributed by atoms with van der Waals surface area (Å²) < 4.78 is 16.6. The average Bonchev–Trinajstić information content (AvgIpc) is 3.22. The average molecular weight is 801 g/mol. The molecule has 0 amide bonds. The van der Waals surface area contributed by atoms with E-state index in [0.29, 0.717) is 25.7 Å². The minimum absolute atomic E-state index is 0.118. The van der Waals surface area contributed by atoms with Gasteiger partial charge in [0.25, 0.3) is 0 Å². The molecule has 0 aromatic rings. The molecule has 0 heterocycles. The second-order valence-electron chi connectivity index (χ2n) is 14.4. The number of carbonyl (C=O) groups excluding carboxylic acids is 3. The number of allylic oxidation sites excluding steroid dienone is 20. The Hall–Kier alpha value is -4.19. The van der Waals surface area contributed by atoms with Crippen molar-refractivity contribution in [2.24, 2.45) is 0 Å². The Bertz CT molecular complexity index is 1290. The number of rotatable bonds is 38. The monoisotopic (exact) mass is 801 g/mol. The molecule has 324 valence electrons. The van der Waals surface area contributed by atoms with Gasteiger partial charge in [0.2, 0.25) is 0 Å². The molecule has 0 aromatic carbocycles. The van der Waals surface area contributed by atoms with Crippen LogP contribution in [-0.2, 0) is 28.6 Å². The van der Waals surface area contributed by atoms with E-state index in [1.54, 1.807) is 0 Å². The lowest BCUT2D eigenvalue weighted by molar-refractivity contribution is -0.167. The van der Waals surface area contributed by atoms with Gasteiger partial charge in [-0.1, -0.05) is 187 Å². The van der Waals surface area contributed by atoms with Gasteiger partial charge in [-0.25, -0.2) is 0 Å². The van der Waals surface area contributed by atoms with Crippen LogP contribution in [-0.4, -0.2) is 37.2 Å². The Morgan fingerprint density at radius 2 is 0.776 bits per heavy atom. The van der Waals surface area contributed by atoms with Gasteiger partial charge in [-0.2, -0.15) is 0 Å². The summed E-state index contributed by atoms with van der Waals surface area (Å²) in [5.74, 6) is -1.03. The van der Waals surface area contributed by atoms with E-state index in [2.05, 4.69) is 69.4 Å². The first-order valence-corrected chi connectivity index (χ1v) is 22.6. The summed E-state index contributed by atoms with van der Waals surface area (Å²) in [6.07, 6.45) is 61.9. The number of hydrogen-bond donors (Lipinski definition) is 0. The molecule has 0 aliphatic heterocycles. The largest absolute Gasteiger partial charge is 0.462 e. The fourth-order valence-corrected chi connectivity index (χ4v) is 5.52. The Balaban J connectivity index is 4.52. The standard InChI is InChI=1S/C52H80O6/c1-4-7-10-13-16-19-21-23-24-25-26-27-28-29-31-33-36-39-42-45-51(54)57-48-49(47-56-50(53)44-41-38-35-32-18-15-12-9-6-3)58-52(55)46-43-40-37-34-30-22-20-17-14-11-8-5-2/h7-8,10-11,13,16-17,19-21,23-29,31-32,35,49H,4-6,9,12,14-15,18,22,30,33-34,36-48H2,1-3H3/b10-7-,11-8-,16-13-,20-17-,21-19-,24-23-,26-25+,28-27-,31-29-,35-32-. The van der Waals surface area contributed by atoms with Crippen LogP contribution in [0.4, 0.5) is 0 Å². The van der Waals surface area contributed by atoms with Crippen LogP contribution in [0.15, 0.2) is 122 Å². The zero-order chi connectivity index (χ0) is 42.3. The Labute approximate surface area is 354 Å². The van der Waals surface area contributed by atoms with Gasteiger partial charge in [-0.15, -0.1) is 0 Å². The fraction of sp³-hybridized carbons (Fsp3) is 0.558. The lowest BCUT2D eigenvalue weighted by atomic mass is 10.1. The topological polar surface area (TPSA) is 78.9 Å². The maximum atomic E-state index is 12.7. The van der Waals surface area contributed by atoms with Crippen LogP contribution in [0.5, 0.6) is 0 Å². The molecule has 0 rings (SSSR count). The molecule has 1 unspecified atom stereocenters. The van der Waals surface area contributed by atoms with Gasteiger partial charge in [0.05, 0.1) is 0 Å². The maximum absolute atomic E-state index is 12.7. The van der Waals surface area contributed by atoms with Gasteiger partial charge in [0.1, 0.15) is 13.2 Å². The van der Waals surface area contributed by atoms with Gasteiger partial charge in [0.15, 0.2) is 6.10 Å². The van der Waals surface area contributed by atoms with Gasteiger partial charge < -0.3 is 14.2 Å². The summed E-state index contributed by atoms with van der Waals surface area (Å²) >= 11 is 0. The number of hydrogen-bond acceptors (Lipinski definition) is 6. The predicted molar refractivity (Wildman–Crippen MR) is 246 cm³/mol. The predicted octanol–water partition coefficient (Wildman–Crippen LogP) is 14.6. The molecule has 1 atom stereocenters. The quantitative estimate of drug-likeness (QED) is 0.0203. The van der Waals surface area contributed by atoms with E-state index in [4.69, 9.17) is 14.2 Å². The van der Waals surface area contributed by atoms with Crippen molar-refractivity contribution in [1.29, 1.82) is 0 Å². The molecule has 6 nitrogen and oxygen atoms in total. The zero-order valence-corrected chi connectivity index (χ0v) is 36.8. The van der Waals surface area contributed by atoms with Crippen LogP contribution in [0.2, 0.25) is 0 Å². The van der Waals surface area contributed by atoms with E-state index in [9.17, 15) is 14.4 Å². The zero-order valence-electron chi connectivity index (χ0n) is 36.8. The molecule has 0 aliphatic rings. The Morgan fingerprint density at radius 1 is 0.379 bits per heavy atom. The molecule has 0 aromatic heterocycles. The first kappa shape index (κ1) is 53.8. The van der Waals surface area contributed by atoms with Crippen molar-refractivity contribution < 1.29 is 28.6 Å². The summed E-state index contributed by atoms with van der Waals surface area (Å²) in [5, 5.41) is 0. The summed E-state index contributed by atoms with van der Waals surface area (Å²) in [7, 11) is 0. The van der Waals surface area contributed by atoms with Crippen LogP contribution < -0.4 is 0 Å². The maximum Gasteiger partial charge on any atom is 0.306 e. The minimum Gasteiger partial charge on any atom is -0.462 e. The van der Waals surface area contributed by atoms with Crippen molar-refractivity contribution in [1.82, 2.24) is 0 Å². The summed E-state index contributed by atoms with van der Waals surface area (Å²) in [4.78, 5) is 37.7. The first-order valence-electron chi connectivity index (χ1n) is 22.6. The molecule has 0 bridgehead atoms. The number of ether oxygens (including phenoxy) is 3. The summed E-state index contributed by atoms with van der Waals surface area (Å²) in [5.41, 5.74) is 0. The third kappa shape index (κ3) is 42.9. The normalized spacial score (nSPS) is 13.2. The Morgan fingerprint density at radius 3 is 1.34 bits per heavy atom. The SMILES string of the molecule is CC\C=C/C=C\C=C/C=C\C=C\C=C/C=C\CCCCCC(=O)OCC(COC(=O)CCC/C=C\CCCCCC)OC(=O)CCCCCCC/C=C\C/C=C\CC.